The van der Waals surface area contributed by atoms with Crippen LogP contribution in [-0.4, -0.2) is 7.05 Å². The first kappa shape index (κ1) is 14.7. The molecule has 2 N–H and O–H groups in total. The number of nitrogen functional groups attached to an aromatic ring is 1. The van der Waals surface area contributed by atoms with Crippen molar-refractivity contribution in [3.8, 4) is 6.07 Å². The summed E-state index contributed by atoms with van der Waals surface area (Å²) in [5, 5.41) is 9.42. The van der Waals surface area contributed by atoms with Crippen LogP contribution < -0.4 is 10.6 Å². The van der Waals surface area contributed by atoms with Crippen LogP contribution in [0, 0.1) is 11.3 Å². The van der Waals surface area contributed by atoms with Gasteiger partial charge in [0.05, 0.1) is 23.0 Å². The van der Waals surface area contributed by atoms with Crippen molar-refractivity contribution in [2.24, 2.45) is 0 Å². The van der Waals surface area contributed by atoms with Crippen molar-refractivity contribution in [3.05, 3.63) is 57.0 Å². The maximum absolute atomic E-state index is 8.84. The molecule has 0 aliphatic heterocycles. The third-order valence-corrected chi connectivity index (χ3v) is 3.84. The zero-order valence-corrected chi connectivity index (χ0v) is 13.2. The van der Waals surface area contributed by atoms with Gasteiger partial charge in [0.2, 0.25) is 0 Å². The molecule has 0 heterocycles. The summed E-state index contributed by atoms with van der Waals surface area (Å²) in [5.74, 6) is 0. The lowest BCUT2D eigenvalue weighted by Crippen LogP contribution is -2.18. The van der Waals surface area contributed by atoms with Gasteiger partial charge in [0.1, 0.15) is 0 Å². The van der Waals surface area contributed by atoms with Crippen LogP contribution >= 0.6 is 27.5 Å². The molecule has 0 radical (unpaired) electrons. The maximum atomic E-state index is 8.84. The first-order valence-corrected chi connectivity index (χ1v) is 7.13. The van der Waals surface area contributed by atoms with Gasteiger partial charge in [0, 0.05) is 23.1 Å². The number of hydrogen-bond acceptors (Lipinski definition) is 3. The molecule has 0 saturated heterocycles. The predicted molar refractivity (Wildman–Crippen MR) is 86.8 cm³/mol. The standard InChI is InChI=1S/C15H13BrClN3/c1-20(15-5-4-12(16)7-14(15)19)9-11-3-2-10(8-18)6-13(11)17/h2-7H,9,19H2,1H3. The summed E-state index contributed by atoms with van der Waals surface area (Å²) in [6, 6.07) is 13.1. The van der Waals surface area contributed by atoms with Crippen LogP contribution in [0.1, 0.15) is 11.1 Å². The number of benzene rings is 2. The van der Waals surface area contributed by atoms with Gasteiger partial charge in [0.15, 0.2) is 0 Å². The molecular formula is C15H13BrClN3. The second-order valence-electron chi connectivity index (χ2n) is 4.48. The molecular weight excluding hydrogens is 338 g/mol. The third kappa shape index (κ3) is 3.24. The third-order valence-electron chi connectivity index (χ3n) is 2.99. The summed E-state index contributed by atoms with van der Waals surface area (Å²) < 4.78 is 0.948. The Balaban J connectivity index is 2.23. The van der Waals surface area contributed by atoms with E-state index >= 15 is 0 Å². The number of anilines is 2. The molecule has 3 nitrogen and oxygen atoms in total. The van der Waals surface area contributed by atoms with Crippen LogP contribution in [0.3, 0.4) is 0 Å². The normalized spacial score (nSPS) is 10.1. The Bertz CT molecular complexity index is 679. The minimum atomic E-state index is 0.560. The quantitative estimate of drug-likeness (QED) is 0.844. The number of halogens is 2. The van der Waals surface area contributed by atoms with Crippen LogP contribution in [-0.2, 0) is 6.54 Å². The Morgan fingerprint density at radius 3 is 2.65 bits per heavy atom. The highest BCUT2D eigenvalue weighted by atomic mass is 79.9. The summed E-state index contributed by atoms with van der Waals surface area (Å²) in [5.41, 5.74) is 9.17. The van der Waals surface area contributed by atoms with Crippen LogP contribution in [0.15, 0.2) is 40.9 Å². The first-order chi connectivity index (χ1) is 9.51. The van der Waals surface area contributed by atoms with E-state index in [1.54, 1.807) is 12.1 Å². The van der Waals surface area contributed by atoms with Gasteiger partial charge in [-0.25, -0.2) is 0 Å². The summed E-state index contributed by atoms with van der Waals surface area (Å²) in [4.78, 5) is 2.02. The van der Waals surface area contributed by atoms with E-state index in [1.165, 1.54) is 0 Å². The number of hydrogen-bond donors (Lipinski definition) is 1. The van der Waals surface area contributed by atoms with E-state index in [4.69, 9.17) is 22.6 Å². The molecule has 2 rings (SSSR count). The fourth-order valence-corrected chi connectivity index (χ4v) is 2.58. The Kier molecular flexibility index (Phi) is 4.53. The fraction of sp³-hybridized carbons (Fsp3) is 0.133. The topological polar surface area (TPSA) is 53.0 Å². The van der Waals surface area contributed by atoms with Gasteiger partial charge in [-0.3, -0.25) is 0 Å². The minimum absolute atomic E-state index is 0.560. The van der Waals surface area contributed by atoms with Crippen molar-refractivity contribution in [2.45, 2.75) is 6.54 Å². The van der Waals surface area contributed by atoms with Gasteiger partial charge in [-0.2, -0.15) is 5.26 Å². The molecule has 0 unspecified atom stereocenters. The van der Waals surface area contributed by atoms with Gasteiger partial charge >= 0.3 is 0 Å². The molecule has 0 atom stereocenters. The molecule has 0 amide bonds. The van der Waals surface area contributed by atoms with Gasteiger partial charge in [-0.1, -0.05) is 33.6 Å². The Morgan fingerprint density at radius 2 is 2.05 bits per heavy atom. The summed E-state index contributed by atoms with van der Waals surface area (Å²) in [6.07, 6.45) is 0. The highest BCUT2D eigenvalue weighted by Gasteiger charge is 2.09. The van der Waals surface area contributed by atoms with Crippen LogP contribution in [0.5, 0.6) is 0 Å². The lowest BCUT2D eigenvalue weighted by atomic mass is 10.1. The molecule has 2 aromatic carbocycles. The lowest BCUT2D eigenvalue weighted by Gasteiger charge is -2.22. The highest BCUT2D eigenvalue weighted by molar-refractivity contribution is 9.10. The smallest absolute Gasteiger partial charge is 0.0992 e. The molecule has 0 fully saturated rings. The molecule has 5 heteroatoms. The van der Waals surface area contributed by atoms with Gasteiger partial charge in [-0.05, 0) is 35.9 Å². The zero-order chi connectivity index (χ0) is 14.7. The predicted octanol–water partition coefficient (Wildman–Crippen LogP) is 4.19. The molecule has 0 aliphatic rings. The highest BCUT2D eigenvalue weighted by Crippen LogP contribution is 2.28. The average molecular weight is 351 g/mol. The number of nitrogens with zero attached hydrogens (tertiary/aromatic N) is 2. The van der Waals surface area contributed by atoms with Gasteiger partial charge in [0.25, 0.3) is 0 Å². The molecule has 20 heavy (non-hydrogen) atoms. The van der Waals surface area contributed by atoms with Crippen molar-refractivity contribution in [1.82, 2.24) is 0 Å². The van der Waals surface area contributed by atoms with Crippen molar-refractivity contribution in [2.75, 3.05) is 17.7 Å². The van der Waals surface area contributed by atoms with E-state index in [1.807, 2.05) is 36.2 Å². The van der Waals surface area contributed by atoms with E-state index in [0.29, 0.717) is 22.8 Å². The summed E-state index contributed by atoms with van der Waals surface area (Å²) in [7, 11) is 1.95. The molecule has 2 aromatic rings. The van der Waals surface area contributed by atoms with Crippen molar-refractivity contribution in [1.29, 1.82) is 5.26 Å². The monoisotopic (exact) mass is 349 g/mol. The Morgan fingerprint density at radius 1 is 1.30 bits per heavy atom. The fourth-order valence-electron chi connectivity index (χ4n) is 1.96. The number of nitrogens with two attached hydrogens (primary N) is 1. The zero-order valence-electron chi connectivity index (χ0n) is 10.9. The van der Waals surface area contributed by atoms with E-state index in [0.717, 1.165) is 15.7 Å². The molecule has 102 valence electrons. The largest absolute Gasteiger partial charge is 0.397 e. The minimum Gasteiger partial charge on any atom is -0.397 e. The van der Waals surface area contributed by atoms with Crippen LogP contribution in [0.25, 0.3) is 0 Å². The molecule has 0 aliphatic carbocycles. The van der Waals surface area contributed by atoms with E-state index in [-0.39, 0.29) is 0 Å². The average Bonchev–Trinajstić information content (AvgIpc) is 2.40. The lowest BCUT2D eigenvalue weighted by molar-refractivity contribution is 0.924. The van der Waals surface area contributed by atoms with E-state index in [9.17, 15) is 0 Å². The molecule has 0 saturated carbocycles. The Labute approximate surface area is 131 Å². The number of nitriles is 1. The summed E-state index contributed by atoms with van der Waals surface area (Å²) in [6.45, 7) is 0.621. The molecule has 0 bridgehead atoms. The van der Waals surface area contributed by atoms with E-state index < -0.39 is 0 Å². The van der Waals surface area contributed by atoms with Crippen LogP contribution in [0.2, 0.25) is 5.02 Å². The molecule has 0 spiro atoms. The number of rotatable bonds is 3. The van der Waals surface area contributed by atoms with Gasteiger partial charge in [-0.15, -0.1) is 0 Å². The Hall–Kier alpha value is -1.70. The SMILES string of the molecule is CN(Cc1ccc(C#N)cc1Cl)c1ccc(Br)cc1N. The summed E-state index contributed by atoms with van der Waals surface area (Å²) >= 11 is 9.58. The van der Waals surface area contributed by atoms with Crippen molar-refractivity contribution < 1.29 is 0 Å². The van der Waals surface area contributed by atoms with E-state index in [2.05, 4.69) is 22.0 Å². The van der Waals surface area contributed by atoms with Crippen molar-refractivity contribution in [3.63, 3.8) is 0 Å². The maximum Gasteiger partial charge on any atom is 0.0992 e. The second-order valence-corrected chi connectivity index (χ2v) is 5.80. The molecule has 0 aromatic heterocycles. The van der Waals surface area contributed by atoms with Crippen molar-refractivity contribution >= 4 is 38.9 Å². The van der Waals surface area contributed by atoms with Crippen LogP contribution in [0.4, 0.5) is 11.4 Å². The van der Waals surface area contributed by atoms with Gasteiger partial charge < -0.3 is 10.6 Å². The first-order valence-electron chi connectivity index (χ1n) is 5.96. The second kappa shape index (κ2) is 6.17.